The largest absolute Gasteiger partial charge is 0.396 e. The summed E-state index contributed by atoms with van der Waals surface area (Å²) in [5.41, 5.74) is 0.781. The number of sulfone groups is 1. The fraction of sp³-hybridized carbons (Fsp3) is 0.571. The molecular weight excluding hydrogens is 262 g/mol. The van der Waals surface area contributed by atoms with Crippen molar-refractivity contribution >= 4 is 15.5 Å². The molecule has 1 N–H and O–H groups in total. The Morgan fingerprint density at radius 3 is 2.53 bits per heavy atom. The van der Waals surface area contributed by atoms with Crippen LogP contribution in [0.25, 0.3) is 0 Å². The summed E-state index contributed by atoms with van der Waals surface area (Å²) in [6.45, 7) is 0.831. The predicted octanol–water partition coefficient (Wildman–Crippen LogP) is 1.83. The summed E-state index contributed by atoms with van der Waals surface area (Å²) in [5, 5.41) is 9.02. The first-order valence-corrected chi connectivity index (χ1v) is 8.60. The van der Waals surface area contributed by atoms with Crippen LogP contribution in [0.15, 0.2) is 29.2 Å². The summed E-state index contributed by atoms with van der Waals surface area (Å²) in [7, 11) is -3.23. The molecule has 0 atom stereocenters. The zero-order chi connectivity index (χ0) is 13.9. The molecule has 1 aromatic rings. The van der Waals surface area contributed by atoms with Gasteiger partial charge < -0.3 is 10.0 Å². The van der Waals surface area contributed by atoms with Crippen LogP contribution in [0.2, 0.25) is 0 Å². The summed E-state index contributed by atoms with van der Waals surface area (Å²) >= 11 is 0. The third kappa shape index (κ3) is 3.28. The molecule has 0 aromatic heterocycles. The monoisotopic (exact) mass is 283 g/mol. The Morgan fingerprint density at radius 2 is 2.00 bits per heavy atom. The van der Waals surface area contributed by atoms with Crippen LogP contribution in [-0.2, 0) is 9.84 Å². The van der Waals surface area contributed by atoms with Crippen molar-refractivity contribution in [1.82, 2.24) is 0 Å². The maximum atomic E-state index is 11.9. The number of rotatable bonds is 6. The van der Waals surface area contributed by atoms with Gasteiger partial charge in [0.1, 0.15) is 0 Å². The van der Waals surface area contributed by atoms with Crippen molar-refractivity contribution in [2.24, 2.45) is 0 Å². The van der Waals surface area contributed by atoms with E-state index >= 15 is 0 Å². The van der Waals surface area contributed by atoms with Gasteiger partial charge in [0.25, 0.3) is 0 Å². The van der Waals surface area contributed by atoms with Crippen LogP contribution >= 0.6 is 0 Å². The zero-order valence-electron chi connectivity index (χ0n) is 11.2. The number of hydrogen-bond acceptors (Lipinski definition) is 4. The minimum absolute atomic E-state index is 0.129. The smallest absolute Gasteiger partial charge is 0.177 e. The number of aliphatic hydroxyl groups is 1. The molecule has 1 aromatic carbocycles. The second kappa shape index (κ2) is 5.92. The number of para-hydroxylation sites is 1. The highest BCUT2D eigenvalue weighted by atomic mass is 32.2. The fourth-order valence-electron chi connectivity index (χ4n) is 2.45. The highest BCUT2D eigenvalue weighted by Gasteiger charge is 2.27. The van der Waals surface area contributed by atoms with Crippen molar-refractivity contribution < 1.29 is 13.5 Å². The zero-order valence-corrected chi connectivity index (χ0v) is 12.1. The molecule has 1 fully saturated rings. The number of anilines is 1. The average Bonchev–Trinajstić information content (AvgIpc) is 2.31. The number of aliphatic hydroxyl groups excluding tert-OH is 1. The standard InChI is InChI=1S/C14H21NO3S/c1-19(17,18)14-9-3-2-8-13(14)15(10-5-11-16)12-6-4-7-12/h2-3,8-9,12,16H,4-7,10-11H2,1H3. The second-order valence-electron chi connectivity index (χ2n) is 5.10. The van der Waals surface area contributed by atoms with Gasteiger partial charge in [-0.3, -0.25) is 0 Å². The predicted molar refractivity (Wildman–Crippen MR) is 76.2 cm³/mol. The van der Waals surface area contributed by atoms with Crippen LogP contribution in [0.4, 0.5) is 5.69 Å². The van der Waals surface area contributed by atoms with Gasteiger partial charge >= 0.3 is 0 Å². The van der Waals surface area contributed by atoms with Crippen LogP contribution in [0.1, 0.15) is 25.7 Å². The number of benzene rings is 1. The van der Waals surface area contributed by atoms with E-state index in [0.29, 0.717) is 23.9 Å². The van der Waals surface area contributed by atoms with Crippen molar-refractivity contribution in [1.29, 1.82) is 0 Å². The molecule has 0 bridgehead atoms. The van der Waals surface area contributed by atoms with Crippen molar-refractivity contribution in [2.75, 3.05) is 24.3 Å². The van der Waals surface area contributed by atoms with E-state index in [1.54, 1.807) is 12.1 Å². The Hall–Kier alpha value is -1.07. The van der Waals surface area contributed by atoms with Gasteiger partial charge in [0.2, 0.25) is 0 Å². The lowest BCUT2D eigenvalue weighted by molar-refractivity contribution is 0.282. The summed E-state index contributed by atoms with van der Waals surface area (Å²) in [6, 6.07) is 7.57. The third-order valence-corrected chi connectivity index (χ3v) is 4.79. The molecule has 4 nitrogen and oxygen atoms in total. The van der Waals surface area contributed by atoms with E-state index in [2.05, 4.69) is 4.90 Å². The van der Waals surface area contributed by atoms with Gasteiger partial charge in [-0.15, -0.1) is 0 Å². The van der Waals surface area contributed by atoms with Crippen LogP contribution < -0.4 is 4.90 Å². The lowest BCUT2D eigenvalue weighted by atomic mass is 9.91. The molecule has 0 amide bonds. The maximum Gasteiger partial charge on any atom is 0.177 e. The molecule has 0 saturated heterocycles. The molecule has 0 aliphatic heterocycles. The number of hydrogen-bond donors (Lipinski definition) is 1. The fourth-order valence-corrected chi connectivity index (χ4v) is 3.34. The topological polar surface area (TPSA) is 57.6 Å². The Kier molecular flexibility index (Phi) is 4.47. The van der Waals surface area contributed by atoms with Crippen LogP contribution in [0, 0.1) is 0 Å². The van der Waals surface area contributed by atoms with Crippen molar-refractivity contribution in [2.45, 2.75) is 36.6 Å². The highest BCUT2D eigenvalue weighted by molar-refractivity contribution is 7.90. The van der Waals surface area contributed by atoms with Gasteiger partial charge in [0.15, 0.2) is 9.84 Å². The molecule has 1 aliphatic rings. The molecule has 5 heteroatoms. The first-order chi connectivity index (χ1) is 9.04. The Morgan fingerprint density at radius 1 is 1.32 bits per heavy atom. The summed E-state index contributed by atoms with van der Waals surface area (Å²) in [4.78, 5) is 2.54. The summed E-state index contributed by atoms with van der Waals surface area (Å²) in [5.74, 6) is 0. The normalized spacial score (nSPS) is 16.1. The van der Waals surface area contributed by atoms with Crippen molar-refractivity contribution in [3.8, 4) is 0 Å². The van der Waals surface area contributed by atoms with Crippen molar-refractivity contribution in [3.63, 3.8) is 0 Å². The van der Waals surface area contributed by atoms with Crippen LogP contribution in [0.3, 0.4) is 0 Å². The van der Waals surface area contributed by atoms with E-state index in [4.69, 9.17) is 5.11 Å². The number of nitrogens with zero attached hydrogens (tertiary/aromatic N) is 1. The molecular formula is C14H21NO3S. The van der Waals surface area contributed by atoms with Gasteiger partial charge in [-0.1, -0.05) is 12.1 Å². The van der Waals surface area contributed by atoms with Crippen LogP contribution in [0.5, 0.6) is 0 Å². The van der Waals surface area contributed by atoms with Crippen LogP contribution in [-0.4, -0.2) is 39.0 Å². The molecule has 1 saturated carbocycles. The van der Waals surface area contributed by atoms with E-state index in [9.17, 15) is 8.42 Å². The van der Waals surface area contributed by atoms with Gasteiger partial charge in [-0.25, -0.2) is 8.42 Å². The third-order valence-electron chi connectivity index (χ3n) is 3.65. The quantitative estimate of drug-likeness (QED) is 0.865. The minimum Gasteiger partial charge on any atom is -0.396 e. The maximum absolute atomic E-state index is 11.9. The highest BCUT2D eigenvalue weighted by Crippen LogP contribution is 2.33. The second-order valence-corrected chi connectivity index (χ2v) is 7.08. The first-order valence-electron chi connectivity index (χ1n) is 6.70. The molecule has 106 valence electrons. The van der Waals surface area contributed by atoms with E-state index in [1.807, 2.05) is 12.1 Å². The molecule has 19 heavy (non-hydrogen) atoms. The first kappa shape index (κ1) is 14.3. The molecule has 2 rings (SSSR count). The lowest BCUT2D eigenvalue weighted by Crippen LogP contribution is -2.41. The van der Waals surface area contributed by atoms with E-state index in [-0.39, 0.29) is 6.61 Å². The Labute approximate surface area is 115 Å². The SMILES string of the molecule is CS(=O)(=O)c1ccccc1N(CCCO)C1CCC1. The van der Waals surface area contributed by atoms with Crippen molar-refractivity contribution in [3.05, 3.63) is 24.3 Å². The molecule has 0 unspecified atom stereocenters. The molecule has 0 spiro atoms. The minimum atomic E-state index is -3.23. The average molecular weight is 283 g/mol. The van der Waals surface area contributed by atoms with E-state index in [0.717, 1.165) is 18.5 Å². The Balaban J connectivity index is 2.35. The molecule has 0 radical (unpaired) electrons. The summed E-state index contributed by atoms with van der Waals surface area (Å²) < 4.78 is 23.8. The van der Waals surface area contributed by atoms with Gasteiger partial charge in [-0.05, 0) is 37.8 Å². The lowest BCUT2D eigenvalue weighted by Gasteiger charge is -2.40. The Bertz CT molecular complexity index is 523. The van der Waals surface area contributed by atoms with E-state index < -0.39 is 9.84 Å². The van der Waals surface area contributed by atoms with E-state index in [1.165, 1.54) is 12.7 Å². The summed E-state index contributed by atoms with van der Waals surface area (Å²) in [6.07, 6.45) is 5.31. The van der Waals surface area contributed by atoms with Gasteiger partial charge in [-0.2, -0.15) is 0 Å². The molecule has 0 heterocycles. The molecule has 1 aliphatic carbocycles. The van der Waals surface area contributed by atoms with Gasteiger partial charge in [0.05, 0.1) is 10.6 Å². The van der Waals surface area contributed by atoms with Gasteiger partial charge in [0, 0.05) is 25.4 Å².